The third kappa shape index (κ3) is 1.95. The topological polar surface area (TPSA) is 56.0 Å². The fourth-order valence-electron chi connectivity index (χ4n) is 1.65. The molecule has 0 amide bonds. The number of nitrogens with zero attached hydrogens (tertiary/aromatic N) is 5. The van der Waals surface area contributed by atoms with Gasteiger partial charge >= 0.3 is 0 Å². The second-order valence-corrected chi connectivity index (χ2v) is 4.90. The Hall–Kier alpha value is -1.95. The number of thioether (sulfide) groups is 1. The molecule has 0 unspecified atom stereocenters. The number of rotatable bonds is 3. The van der Waals surface area contributed by atoms with Gasteiger partial charge in [0.2, 0.25) is 5.82 Å². The standard InChI is InChI=1S/C12H11N5S/c1-2-18-11-7-6-10-14-15-12(17(10)16-11)9-5-3-4-8-13-9/h3-8H,2H2,1H3. The molecule has 5 nitrogen and oxygen atoms in total. The Labute approximate surface area is 108 Å². The van der Waals surface area contributed by atoms with Crippen LogP contribution in [0.3, 0.4) is 0 Å². The molecule has 0 atom stereocenters. The van der Waals surface area contributed by atoms with Crippen LogP contribution < -0.4 is 0 Å². The van der Waals surface area contributed by atoms with Crippen molar-refractivity contribution in [2.24, 2.45) is 0 Å². The zero-order valence-electron chi connectivity index (χ0n) is 9.82. The van der Waals surface area contributed by atoms with E-state index in [1.54, 1.807) is 22.5 Å². The molecule has 18 heavy (non-hydrogen) atoms. The Balaban J connectivity index is 2.15. The molecule has 0 fully saturated rings. The first kappa shape index (κ1) is 11.2. The first-order valence-corrected chi connectivity index (χ1v) is 6.63. The van der Waals surface area contributed by atoms with E-state index >= 15 is 0 Å². The highest BCUT2D eigenvalue weighted by molar-refractivity contribution is 7.99. The van der Waals surface area contributed by atoms with Crippen LogP contribution in [0.15, 0.2) is 41.6 Å². The average Bonchev–Trinajstić information content (AvgIpc) is 2.83. The Kier molecular flexibility index (Phi) is 2.93. The number of aromatic nitrogens is 5. The zero-order chi connectivity index (χ0) is 12.4. The van der Waals surface area contributed by atoms with Crippen LogP contribution in [-0.4, -0.2) is 30.5 Å². The van der Waals surface area contributed by atoms with E-state index in [9.17, 15) is 0 Å². The van der Waals surface area contributed by atoms with Gasteiger partial charge in [-0.1, -0.05) is 13.0 Å². The summed E-state index contributed by atoms with van der Waals surface area (Å²) in [5.74, 6) is 1.66. The van der Waals surface area contributed by atoms with Crippen molar-refractivity contribution >= 4 is 17.4 Å². The minimum atomic E-state index is 0.671. The molecule has 0 bridgehead atoms. The maximum absolute atomic E-state index is 4.52. The van der Waals surface area contributed by atoms with Gasteiger partial charge in [0.1, 0.15) is 10.7 Å². The maximum Gasteiger partial charge on any atom is 0.203 e. The van der Waals surface area contributed by atoms with Gasteiger partial charge in [-0.25, -0.2) is 0 Å². The molecular weight excluding hydrogens is 246 g/mol. The molecule has 3 aromatic heterocycles. The molecule has 0 radical (unpaired) electrons. The second-order valence-electron chi connectivity index (χ2n) is 3.61. The second kappa shape index (κ2) is 4.73. The molecule has 3 aromatic rings. The summed E-state index contributed by atoms with van der Waals surface area (Å²) in [6.07, 6.45) is 1.74. The lowest BCUT2D eigenvalue weighted by atomic mass is 10.3. The predicted molar refractivity (Wildman–Crippen MR) is 70.4 cm³/mol. The summed E-state index contributed by atoms with van der Waals surface area (Å²) in [7, 11) is 0. The van der Waals surface area contributed by atoms with Crippen LogP contribution >= 0.6 is 11.8 Å². The monoisotopic (exact) mass is 257 g/mol. The van der Waals surface area contributed by atoms with Gasteiger partial charge in [-0.2, -0.15) is 9.61 Å². The van der Waals surface area contributed by atoms with E-state index in [0.29, 0.717) is 5.82 Å². The van der Waals surface area contributed by atoms with Crippen molar-refractivity contribution in [2.45, 2.75) is 11.9 Å². The van der Waals surface area contributed by atoms with Crippen molar-refractivity contribution in [1.82, 2.24) is 24.8 Å². The predicted octanol–water partition coefficient (Wildman–Crippen LogP) is 2.30. The van der Waals surface area contributed by atoms with Crippen LogP contribution in [0.4, 0.5) is 0 Å². The number of hydrogen-bond donors (Lipinski definition) is 0. The summed E-state index contributed by atoms with van der Waals surface area (Å²) in [4.78, 5) is 4.28. The first-order chi connectivity index (χ1) is 8.88. The van der Waals surface area contributed by atoms with Gasteiger partial charge in [-0.3, -0.25) is 4.98 Å². The van der Waals surface area contributed by atoms with E-state index in [-0.39, 0.29) is 0 Å². The lowest BCUT2D eigenvalue weighted by Crippen LogP contribution is -1.97. The molecule has 0 aliphatic carbocycles. The molecule has 0 aromatic carbocycles. The van der Waals surface area contributed by atoms with E-state index < -0.39 is 0 Å². The molecule has 0 spiro atoms. The summed E-state index contributed by atoms with van der Waals surface area (Å²) < 4.78 is 1.74. The summed E-state index contributed by atoms with van der Waals surface area (Å²) in [5, 5.41) is 13.7. The third-order valence-electron chi connectivity index (χ3n) is 2.42. The van der Waals surface area contributed by atoms with E-state index in [0.717, 1.165) is 22.1 Å². The molecule has 0 saturated heterocycles. The van der Waals surface area contributed by atoms with Gasteiger partial charge in [0, 0.05) is 6.20 Å². The minimum absolute atomic E-state index is 0.671. The molecule has 0 aliphatic heterocycles. The van der Waals surface area contributed by atoms with Gasteiger partial charge in [-0.15, -0.1) is 22.0 Å². The van der Waals surface area contributed by atoms with Crippen molar-refractivity contribution in [3.8, 4) is 11.5 Å². The fourth-order valence-corrected chi connectivity index (χ4v) is 2.25. The fraction of sp³-hybridized carbons (Fsp3) is 0.167. The van der Waals surface area contributed by atoms with Gasteiger partial charge < -0.3 is 0 Å². The Morgan fingerprint density at radius 3 is 2.89 bits per heavy atom. The zero-order valence-corrected chi connectivity index (χ0v) is 10.6. The van der Waals surface area contributed by atoms with Crippen LogP contribution in [0.5, 0.6) is 0 Å². The molecule has 0 N–H and O–H groups in total. The minimum Gasteiger partial charge on any atom is -0.253 e. The summed E-state index contributed by atoms with van der Waals surface area (Å²) in [6, 6.07) is 9.58. The van der Waals surface area contributed by atoms with Crippen molar-refractivity contribution in [2.75, 3.05) is 5.75 Å². The summed E-state index contributed by atoms with van der Waals surface area (Å²) in [5.41, 5.74) is 1.51. The highest BCUT2D eigenvalue weighted by Gasteiger charge is 2.10. The Morgan fingerprint density at radius 2 is 2.11 bits per heavy atom. The van der Waals surface area contributed by atoms with Crippen LogP contribution in [0.2, 0.25) is 0 Å². The Morgan fingerprint density at radius 1 is 1.17 bits per heavy atom. The molecule has 0 aliphatic rings. The quantitative estimate of drug-likeness (QED) is 0.674. The summed E-state index contributed by atoms with van der Waals surface area (Å²) >= 11 is 1.69. The maximum atomic E-state index is 4.52. The molecular formula is C12H11N5S. The van der Waals surface area contributed by atoms with Crippen molar-refractivity contribution in [3.63, 3.8) is 0 Å². The van der Waals surface area contributed by atoms with Crippen molar-refractivity contribution in [3.05, 3.63) is 36.5 Å². The summed E-state index contributed by atoms with van der Waals surface area (Å²) in [6.45, 7) is 2.10. The molecule has 90 valence electrons. The smallest absolute Gasteiger partial charge is 0.203 e. The molecule has 3 rings (SSSR count). The highest BCUT2D eigenvalue weighted by atomic mass is 32.2. The largest absolute Gasteiger partial charge is 0.253 e. The lowest BCUT2D eigenvalue weighted by Gasteiger charge is -2.00. The van der Waals surface area contributed by atoms with Gasteiger partial charge in [0.25, 0.3) is 0 Å². The van der Waals surface area contributed by atoms with Crippen LogP contribution in [0.25, 0.3) is 17.2 Å². The SMILES string of the molecule is CCSc1ccc2nnc(-c3ccccn3)n2n1. The van der Waals surface area contributed by atoms with E-state index in [4.69, 9.17) is 0 Å². The van der Waals surface area contributed by atoms with E-state index in [1.807, 2.05) is 30.3 Å². The number of pyridine rings is 1. The first-order valence-electron chi connectivity index (χ1n) is 5.65. The van der Waals surface area contributed by atoms with Crippen LogP contribution in [-0.2, 0) is 0 Å². The van der Waals surface area contributed by atoms with E-state index in [1.165, 1.54) is 0 Å². The number of hydrogen-bond acceptors (Lipinski definition) is 5. The molecule has 6 heteroatoms. The van der Waals surface area contributed by atoms with Crippen molar-refractivity contribution in [1.29, 1.82) is 0 Å². The number of fused-ring (bicyclic) bond motifs is 1. The van der Waals surface area contributed by atoms with Gasteiger partial charge in [0.05, 0.1) is 0 Å². The van der Waals surface area contributed by atoms with Crippen LogP contribution in [0, 0.1) is 0 Å². The normalized spacial score (nSPS) is 10.9. The lowest BCUT2D eigenvalue weighted by molar-refractivity contribution is 0.857. The van der Waals surface area contributed by atoms with Crippen molar-refractivity contribution < 1.29 is 0 Å². The molecule has 3 heterocycles. The Bertz CT molecular complexity index is 665. The average molecular weight is 257 g/mol. The molecule has 0 saturated carbocycles. The third-order valence-corrected chi connectivity index (χ3v) is 3.23. The van der Waals surface area contributed by atoms with Gasteiger partial charge in [-0.05, 0) is 30.0 Å². The van der Waals surface area contributed by atoms with E-state index in [2.05, 4.69) is 27.2 Å². The van der Waals surface area contributed by atoms with Crippen LogP contribution in [0.1, 0.15) is 6.92 Å². The highest BCUT2D eigenvalue weighted by Crippen LogP contribution is 2.18. The van der Waals surface area contributed by atoms with Gasteiger partial charge in [0.15, 0.2) is 5.65 Å².